The normalized spacial score (nSPS) is 10.7. The Hall–Kier alpha value is -2.27. The van der Waals surface area contributed by atoms with Crippen LogP contribution in [0.1, 0.15) is 23.0 Å². The molecule has 0 bridgehead atoms. The molecule has 3 rings (SSSR count). The van der Waals surface area contributed by atoms with Gasteiger partial charge in [-0.05, 0) is 30.7 Å². The molecule has 3 aromatic rings. The quantitative estimate of drug-likeness (QED) is 0.660. The number of fused-ring (bicyclic) bond motifs is 1. The van der Waals surface area contributed by atoms with Crippen LogP contribution >= 0.6 is 15.9 Å². The fourth-order valence-electron chi connectivity index (χ4n) is 2.37. The second kappa shape index (κ2) is 6.87. The fraction of sp³-hybridized carbons (Fsp3) is 0.167. The number of aromatic nitrogens is 1. The van der Waals surface area contributed by atoms with Gasteiger partial charge in [-0.3, -0.25) is 0 Å². The number of hydrogen-bond donors (Lipinski definition) is 1. The third-order valence-corrected chi connectivity index (χ3v) is 3.91. The van der Waals surface area contributed by atoms with Crippen LogP contribution in [0.4, 0.5) is 0 Å². The predicted octanol–water partition coefficient (Wildman–Crippen LogP) is 4.69. The molecular formula is C18H16BrNO3. The zero-order valence-electron chi connectivity index (χ0n) is 12.6. The Labute approximate surface area is 142 Å². The van der Waals surface area contributed by atoms with Gasteiger partial charge in [0.25, 0.3) is 0 Å². The van der Waals surface area contributed by atoms with Gasteiger partial charge in [-0.2, -0.15) is 0 Å². The number of H-pyrrole nitrogens is 1. The number of rotatable bonds is 5. The summed E-state index contributed by atoms with van der Waals surface area (Å²) in [5.41, 5.74) is 2.21. The van der Waals surface area contributed by atoms with Crippen molar-refractivity contribution in [1.29, 1.82) is 0 Å². The summed E-state index contributed by atoms with van der Waals surface area (Å²) < 4.78 is 12.0. The number of aromatic amines is 1. The summed E-state index contributed by atoms with van der Waals surface area (Å²) in [6.45, 7) is 2.48. The van der Waals surface area contributed by atoms with Gasteiger partial charge >= 0.3 is 5.97 Å². The minimum atomic E-state index is -0.414. The highest BCUT2D eigenvalue weighted by Crippen LogP contribution is 2.33. The van der Waals surface area contributed by atoms with Crippen LogP contribution in [-0.4, -0.2) is 17.6 Å². The van der Waals surface area contributed by atoms with Crippen LogP contribution in [0, 0.1) is 0 Å². The molecule has 0 spiro atoms. The number of nitrogens with one attached hydrogen (secondary N) is 1. The maximum absolute atomic E-state index is 12.2. The Morgan fingerprint density at radius 3 is 2.70 bits per heavy atom. The molecule has 0 atom stereocenters. The Morgan fingerprint density at radius 2 is 1.96 bits per heavy atom. The van der Waals surface area contributed by atoms with Gasteiger partial charge in [-0.25, -0.2) is 4.79 Å². The lowest BCUT2D eigenvalue weighted by Crippen LogP contribution is -2.07. The third-order valence-electron chi connectivity index (χ3n) is 3.42. The lowest BCUT2D eigenvalue weighted by molar-refractivity contribution is 0.0515. The van der Waals surface area contributed by atoms with Gasteiger partial charge in [0.1, 0.15) is 6.61 Å². The third kappa shape index (κ3) is 3.40. The lowest BCUT2D eigenvalue weighted by atomic mass is 10.2. The van der Waals surface area contributed by atoms with Crippen LogP contribution in [0.2, 0.25) is 0 Å². The van der Waals surface area contributed by atoms with E-state index in [0.717, 1.165) is 20.9 Å². The molecule has 0 saturated carbocycles. The molecule has 2 aromatic carbocycles. The second-order valence-corrected chi connectivity index (χ2v) is 5.93. The minimum absolute atomic E-state index is 0.315. The topological polar surface area (TPSA) is 51.3 Å². The van der Waals surface area contributed by atoms with Crippen LogP contribution in [0.5, 0.6) is 5.75 Å². The van der Waals surface area contributed by atoms with Gasteiger partial charge in [0.05, 0.1) is 6.61 Å². The van der Waals surface area contributed by atoms with E-state index in [-0.39, 0.29) is 0 Å². The van der Waals surface area contributed by atoms with Crippen LogP contribution in [0.15, 0.2) is 53.0 Å². The SMILES string of the molecule is CCOC(=O)c1[nH]c2ccc(Br)cc2c1OCc1ccccc1. The van der Waals surface area contributed by atoms with Crippen molar-refractivity contribution in [1.82, 2.24) is 4.98 Å². The number of ether oxygens (including phenoxy) is 2. The summed E-state index contributed by atoms with van der Waals surface area (Å²) in [5.74, 6) is 0.103. The van der Waals surface area contributed by atoms with Crippen molar-refractivity contribution in [2.75, 3.05) is 6.61 Å². The van der Waals surface area contributed by atoms with Crippen molar-refractivity contribution in [3.63, 3.8) is 0 Å². The molecule has 1 aromatic heterocycles. The molecule has 1 N–H and O–H groups in total. The molecule has 5 heteroatoms. The monoisotopic (exact) mass is 373 g/mol. The molecule has 0 aliphatic carbocycles. The molecule has 23 heavy (non-hydrogen) atoms. The van der Waals surface area contributed by atoms with Crippen LogP contribution in [-0.2, 0) is 11.3 Å². The van der Waals surface area contributed by atoms with E-state index < -0.39 is 5.97 Å². The molecule has 118 valence electrons. The Bertz CT molecular complexity index is 827. The molecule has 0 saturated heterocycles. The first-order valence-corrected chi connectivity index (χ1v) is 8.13. The highest BCUT2D eigenvalue weighted by molar-refractivity contribution is 9.10. The van der Waals surface area contributed by atoms with E-state index in [1.165, 1.54) is 0 Å². The standard InChI is InChI=1S/C18H16BrNO3/c1-2-22-18(21)16-17(23-11-12-6-4-3-5-7-12)14-10-13(19)8-9-15(14)20-16/h3-10,20H,2,11H2,1H3. The number of carbonyl (C=O) groups excluding carboxylic acids is 1. The summed E-state index contributed by atoms with van der Waals surface area (Å²) in [7, 11) is 0. The molecule has 4 nitrogen and oxygen atoms in total. The second-order valence-electron chi connectivity index (χ2n) is 5.01. The van der Waals surface area contributed by atoms with Crippen LogP contribution < -0.4 is 4.74 Å². The van der Waals surface area contributed by atoms with E-state index in [9.17, 15) is 4.79 Å². The molecule has 0 aliphatic rings. The summed E-state index contributed by atoms with van der Waals surface area (Å²) in [5, 5.41) is 0.846. The van der Waals surface area contributed by atoms with Crippen molar-refractivity contribution in [2.45, 2.75) is 13.5 Å². The molecule has 1 heterocycles. The maximum atomic E-state index is 12.2. The number of esters is 1. The average molecular weight is 374 g/mol. The predicted molar refractivity (Wildman–Crippen MR) is 92.7 cm³/mol. The smallest absolute Gasteiger partial charge is 0.358 e. The highest BCUT2D eigenvalue weighted by Gasteiger charge is 2.20. The Balaban J connectivity index is 1.99. The fourth-order valence-corrected chi connectivity index (χ4v) is 2.73. The minimum Gasteiger partial charge on any atom is -0.486 e. The van der Waals surface area contributed by atoms with Crippen molar-refractivity contribution in [3.8, 4) is 5.75 Å². The first kappa shape index (κ1) is 15.6. The van der Waals surface area contributed by atoms with Crippen molar-refractivity contribution < 1.29 is 14.3 Å². The van der Waals surface area contributed by atoms with Gasteiger partial charge in [0.15, 0.2) is 11.4 Å². The van der Waals surface area contributed by atoms with E-state index in [1.54, 1.807) is 6.92 Å². The van der Waals surface area contributed by atoms with Crippen molar-refractivity contribution in [3.05, 3.63) is 64.3 Å². The van der Waals surface area contributed by atoms with Crippen molar-refractivity contribution in [2.24, 2.45) is 0 Å². The molecule has 0 aliphatic heterocycles. The van der Waals surface area contributed by atoms with Crippen LogP contribution in [0.25, 0.3) is 10.9 Å². The largest absolute Gasteiger partial charge is 0.486 e. The van der Waals surface area contributed by atoms with Gasteiger partial charge in [-0.15, -0.1) is 0 Å². The number of carbonyl (C=O) groups is 1. The average Bonchev–Trinajstić information content (AvgIpc) is 2.92. The zero-order valence-corrected chi connectivity index (χ0v) is 14.2. The van der Waals surface area contributed by atoms with E-state index in [0.29, 0.717) is 24.7 Å². The van der Waals surface area contributed by atoms with Crippen LogP contribution in [0.3, 0.4) is 0 Å². The molecule has 0 unspecified atom stereocenters. The van der Waals surface area contributed by atoms with E-state index in [4.69, 9.17) is 9.47 Å². The van der Waals surface area contributed by atoms with Gasteiger partial charge in [0.2, 0.25) is 0 Å². The number of hydrogen-bond acceptors (Lipinski definition) is 3. The first-order chi connectivity index (χ1) is 11.2. The molecule has 0 radical (unpaired) electrons. The summed E-state index contributed by atoms with van der Waals surface area (Å²) in [6, 6.07) is 15.6. The zero-order chi connectivity index (χ0) is 16.2. The highest BCUT2D eigenvalue weighted by atomic mass is 79.9. The maximum Gasteiger partial charge on any atom is 0.358 e. The summed E-state index contributed by atoms with van der Waals surface area (Å²) in [4.78, 5) is 15.3. The van der Waals surface area contributed by atoms with Gasteiger partial charge in [-0.1, -0.05) is 46.3 Å². The molecular weight excluding hydrogens is 358 g/mol. The number of benzene rings is 2. The molecule has 0 fully saturated rings. The first-order valence-electron chi connectivity index (χ1n) is 7.34. The molecule has 0 amide bonds. The van der Waals surface area contributed by atoms with E-state index in [1.807, 2.05) is 48.5 Å². The summed E-state index contributed by atoms with van der Waals surface area (Å²) >= 11 is 3.45. The lowest BCUT2D eigenvalue weighted by Gasteiger charge is -2.08. The Morgan fingerprint density at radius 1 is 1.17 bits per heavy atom. The van der Waals surface area contributed by atoms with E-state index in [2.05, 4.69) is 20.9 Å². The van der Waals surface area contributed by atoms with E-state index >= 15 is 0 Å². The van der Waals surface area contributed by atoms with Gasteiger partial charge < -0.3 is 14.5 Å². The Kier molecular flexibility index (Phi) is 4.67. The number of halogens is 1. The summed E-state index contributed by atoms with van der Waals surface area (Å²) in [6.07, 6.45) is 0. The van der Waals surface area contributed by atoms with Gasteiger partial charge in [0, 0.05) is 15.4 Å². The van der Waals surface area contributed by atoms with Crippen molar-refractivity contribution >= 4 is 32.8 Å².